The van der Waals surface area contributed by atoms with Gasteiger partial charge in [0.1, 0.15) is 0 Å². The molecule has 2 heterocycles. The Kier molecular flexibility index (Phi) is 7.71. The second-order valence-corrected chi connectivity index (χ2v) is 10.6. The van der Waals surface area contributed by atoms with Crippen molar-refractivity contribution < 1.29 is 4.79 Å². The van der Waals surface area contributed by atoms with Crippen molar-refractivity contribution in [3.63, 3.8) is 0 Å². The fourth-order valence-corrected chi connectivity index (χ4v) is 4.32. The summed E-state index contributed by atoms with van der Waals surface area (Å²) in [6.45, 7) is 8.44. The Balaban J connectivity index is 1.84. The number of nitrogens with one attached hydrogen (secondary N) is 1. The normalized spacial score (nSPS) is 11.6. The van der Waals surface area contributed by atoms with Gasteiger partial charge in [-0.3, -0.25) is 4.79 Å². The van der Waals surface area contributed by atoms with Crippen molar-refractivity contribution in [1.82, 2.24) is 14.9 Å². The van der Waals surface area contributed by atoms with Gasteiger partial charge in [0.05, 0.1) is 16.3 Å². The van der Waals surface area contributed by atoms with Gasteiger partial charge in [0.15, 0.2) is 0 Å². The van der Waals surface area contributed by atoms with Crippen molar-refractivity contribution in [2.24, 2.45) is 0 Å². The van der Waals surface area contributed by atoms with E-state index in [0.717, 1.165) is 41.3 Å². The van der Waals surface area contributed by atoms with Crippen molar-refractivity contribution >= 4 is 34.6 Å². The summed E-state index contributed by atoms with van der Waals surface area (Å²) in [6, 6.07) is 10.1. The molecule has 0 aliphatic carbocycles. The van der Waals surface area contributed by atoms with Crippen LogP contribution in [-0.2, 0) is 5.41 Å². The zero-order valence-corrected chi connectivity index (χ0v) is 21.2. The first-order valence-electron chi connectivity index (χ1n) is 11.0. The van der Waals surface area contributed by atoms with Crippen molar-refractivity contribution in [3.8, 4) is 10.4 Å². The van der Waals surface area contributed by atoms with Gasteiger partial charge in [-0.1, -0.05) is 26.8 Å². The van der Waals surface area contributed by atoms with Crippen molar-refractivity contribution in [3.05, 3.63) is 53.2 Å². The largest absolute Gasteiger partial charge is 0.373 e. The molecule has 8 heteroatoms. The molecule has 1 amide bonds. The average molecular weight is 467 g/mol. The molecule has 7 nitrogen and oxygen atoms in total. The van der Waals surface area contributed by atoms with Crippen LogP contribution in [0.25, 0.3) is 10.4 Å². The summed E-state index contributed by atoms with van der Waals surface area (Å²) in [7, 11) is 6.23. The van der Waals surface area contributed by atoms with Crippen LogP contribution in [-0.4, -0.2) is 55.0 Å². The Morgan fingerprint density at radius 2 is 1.76 bits per heavy atom. The number of amides is 1. The second kappa shape index (κ2) is 10.3. The van der Waals surface area contributed by atoms with E-state index < -0.39 is 0 Å². The van der Waals surface area contributed by atoms with Gasteiger partial charge in [-0.05, 0) is 62.3 Å². The van der Waals surface area contributed by atoms with Crippen LogP contribution in [0.5, 0.6) is 0 Å². The second-order valence-electron chi connectivity index (χ2n) is 9.51. The predicted molar refractivity (Wildman–Crippen MR) is 139 cm³/mol. The standard InChI is InChI=1S/C25H34N6OS/c1-25(2,3)18-8-9-20(31(6)13-7-12-30(4)5)19(14-18)29-23(32)22-11-10-21(33-22)17-15-27-24(26)28-16-17/h8-11,14-16H,7,12-13H2,1-6H3,(H,29,32)(H2,26,27,28). The molecule has 1 aromatic carbocycles. The molecule has 0 saturated heterocycles. The molecule has 0 unspecified atom stereocenters. The summed E-state index contributed by atoms with van der Waals surface area (Å²) in [4.78, 5) is 27.2. The predicted octanol–water partition coefficient (Wildman–Crippen LogP) is 4.73. The molecule has 176 valence electrons. The van der Waals surface area contributed by atoms with E-state index in [-0.39, 0.29) is 17.3 Å². The van der Waals surface area contributed by atoms with Gasteiger partial charge in [-0.25, -0.2) is 9.97 Å². The molecular formula is C25H34N6OS. The zero-order valence-electron chi connectivity index (χ0n) is 20.3. The van der Waals surface area contributed by atoms with Crippen LogP contribution in [0.3, 0.4) is 0 Å². The SMILES string of the molecule is CN(C)CCCN(C)c1ccc(C(C)(C)C)cc1NC(=O)c1ccc(-c2cnc(N)nc2)s1. The number of nitrogens with zero attached hydrogens (tertiary/aromatic N) is 4. The number of hydrogen-bond acceptors (Lipinski definition) is 7. The van der Waals surface area contributed by atoms with Crippen LogP contribution in [0.4, 0.5) is 17.3 Å². The number of thiophene rings is 1. The highest BCUT2D eigenvalue weighted by atomic mass is 32.1. The van der Waals surface area contributed by atoms with Crippen LogP contribution < -0.4 is 16.0 Å². The molecule has 0 fully saturated rings. The lowest BCUT2D eigenvalue weighted by atomic mass is 9.86. The van der Waals surface area contributed by atoms with Gasteiger partial charge >= 0.3 is 0 Å². The third-order valence-electron chi connectivity index (χ3n) is 5.41. The first kappa shape index (κ1) is 24.7. The Morgan fingerprint density at radius 3 is 2.39 bits per heavy atom. The van der Waals surface area contributed by atoms with E-state index in [1.165, 1.54) is 16.9 Å². The monoisotopic (exact) mass is 466 g/mol. The van der Waals surface area contributed by atoms with Crippen LogP contribution in [0.15, 0.2) is 42.7 Å². The number of rotatable bonds is 8. The molecule has 0 aliphatic rings. The van der Waals surface area contributed by atoms with E-state index in [1.807, 2.05) is 12.1 Å². The fourth-order valence-electron chi connectivity index (χ4n) is 3.44. The van der Waals surface area contributed by atoms with Crippen LogP contribution in [0.1, 0.15) is 42.4 Å². The highest BCUT2D eigenvalue weighted by Crippen LogP contribution is 2.33. The number of hydrogen-bond donors (Lipinski definition) is 2. The van der Waals surface area contributed by atoms with Crippen molar-refractivity contribution in [1.29, 1.82) is 0 Å². The van der Waals surface area contributed by atoms with Crippen LogP contribution >= 0.6 is 11.3 Å². The Hall–Kier alpha value is -2.97. The van der Waals surface area contributed by atoms with Crippen molar-refractivity contribution in [2.75, 3.05) is 50.2 Å². The molecule has 0 aliphatic heterocycles. The molecule has 3 rings (SSSR count). The topological polar surface area (TPSA) is 87.4 Å². The minimum atomic E-state index is -0.128. The smallest absolute Gasteiger partial charge is 0.265 e. The lowest BCUT2D eigenvalue weighted by Gasteiger charge is -2.26. The number of aromatic nitrogens is 2. The molecule has 0 bridgehead atoms. The van der Waals surface area contributed by atoms with Gasteiger partial charge < -0.3 is 20.9 Å². The highest BCUT2D eigenvalue weighted by molar-refractivity contribution is 7.17. The van der Waals surface area contributed by atoms with E-state index in [9.17, 15) is 4.79 Å². The number of nitrogen functional groups attached to an aromatic ring is 1. The number of carbonyl (C=O) groups excluding carboxylic acids is 1. The molecule has 3 aromatic rings. The van der Waals surface area contributed by atoms with Crippen LogP contribution in [0, 0.1) is 0 Å². The van der Waals surface area contributed by atoms with E-state index >= 15 is 0 Å². The van der Waals surface area contributed by atoms with Gasteiger partial charge in [-0.2, -0.15) is 0 Å². The van der Waals surface area contributed by atoms with Gasteiger partial charge in [0, 0.05) is 36.4 Å². The number of nitrogens with two attached hydrogens (primary N) is 1. The maximum absolute atomic E-state index is 13.2. The fraction of sp³-hybridized carbons (Fsp3) is 0.400. The maximum Gasteiger partial charge on any atom is 0.265 e. The quantitative estimate of drug-likeness (QED) is 0.499. The first-order chi connectivity index (χ1) is 15.5. The van der Waals surface area contributed by atoms with Gasteiger partial charge in [0.2, 0.25) is 5.95 Å². The summed E-state index contributed by atoms with van der Waals surface area (Å²) >= 11 is 1.41. The van der Waals surface area contributed by atoms with E-state index in [1.54, 1.807) is 12.4 Å². The molecule has 3 N–H and O–H groups in total. The van der Waals surface area contributed by atoms with E-state index in [0.29, 0.717) is 4.88 Å². The van der Waals surface area contributed by atoms with Crippen molar-refractivity contribution in [2.45, 2.75) is 32.6 Å². The summed E-state index contributed by atoms with van der Waals surface area (Å²) < 4.78 is 0. The minimum Gasteiger partial charge on any atom is -0.373 e. The average Bonchev–Trinajstić information content (AvgIpc) is 3.23. The molecule has 0 saturated carbocycles. The number of carbonyl (C=O) groups is 1. The Morgan fingerprint density at radius 1 is 1.06 bits per heavy atom. The van der Waals surface area contributed by atoms with Gasteiger partial charge in [0.25, 0.3) is 5.91 Å². The highest BCUT2D eigenvalue weighted by Gasteiger charge is 2.19. The third kappa shape index (κ3) is 6.52. The number of benzene rings is 1. The van der Waals surface area contributed by atoms with E-state index in [2.05, 4.69) is 85.2 Å². The maximum atomic E-state index is 13.2. The lowest BCUT2D eigenvalue weighted by molar-refractivity contribution is 0.103. The summed E-state index contributed by atoms with van der Waals surface area (Å²) in [5.41, 5.74) is 9.41. The zero-order chi connectivity index (χ0) is 24.2. The minimum absolute atomic E-state index is 0.0211. The summed E-state index contributed by atoms with van der Waals surface area (Å²) in [5.74, 6) is 0.103. The summed E-state index contributed by atoms with van der Waals surface area (Å²) in [6.07, 6.45) is 4.38. The molecule has 33 heavy (non-hydrogen) atoms. The number of anilines is 3. The first-order valence-corrected chi connectivity index (χ1v) is 11.9. The molecule has 2 aromatic heterocycles. The molecule has 0 radical (unpaired) electrons. The lowest BCUT2D eigenvalue weighted by Crippen LogP contribution is -2.25. The van der Waals surface area contributed by atoms with E-state index in [4.69, 9.17) is 5.73 Å². The molecule has 0 atom stereocenters. The van der Waals surface area contributed by atoms with Gasteiger partial charge in [-0.15, -0.1) is 11.3 Å². The van der Waals surface area contributed by atoms with Crippen LogP contribution in [0.2, 0.25) is 0 Å². The molecule has 0 spiro atoms. The Labute approximate surface area is 200 Å². The molecular weight excluding hydrogens is 432 g/mol. The summed E-state index contributed by atoms with van der Waals surface area (Å²) in [5, 5.41) is 3.16. The Bertz CT molecular complexity index is 1090. The third-order valence-corrected chi connectivity index (χ3v) is 6.54.